The highest BCUT2D eigenvalue weighted by atomic mass is 79.9. The Labute approximate surface area is 110 Å². The maximum atomic E-state index is 11.3. The van der Waals surface area contributed by atoms with Gasteiger partial charge in [0.05, 0.1) is 7.11 Å². The SMILES string of the molecule is CC/C(=C/CNc1cccc(Br)c1)C(=O)OC. The molecule has 0 fully saturated rings. The highest BCUT2D eigenvalue weighted by Crippen LogP contribution is 2.15. The predicted molar refractivity (Wildman–Crippen MR) is 73.0 cm³/mol. The van der Waals surface area contributed by atoms with Crippen molar-refractivity contribution in [2.45, 2.75) is 13.3 Å². The zero-order valence-electron chi connectivity index (χ0n) is 10.00. The first-order chi connectivity index (χ1) is 8.17. The first-order valence-corrected chi connectivity index (χ1v) is 6.23. The Hall–Kier alpha value is -1.29. The molecule has 0 aromatic heterocycles. The monoisotopic (exact) mass is 297 g/mol. The summed E-state index contributed by atoms with van der Waals surface area (Å²) in [4.78, 5) is 11.3. The van der Waals surface area contributed by atoms with Crippen molar-refractivity contribution >= 4 is 27.6 Å². The van der Waals surface area contributed by atoms with Crippen molar-refractivity contribution in [1.82, 2.24) is 0 Å². The number of rotatable bonds is 5. The van der Waals surface area contributed by atoms with E-state index < -0.39 is 0 Å². The van der Waals surface area contributed by atoms with Gasteiger partial charge in [-0.1, -0.05) is 35.0 Å². The fraction of sp³-hybridized carbons (Fsp3) is 0.308. The summed E-state index contributed by atoms with van der Waals surface area (Å²) >= 11 is 3.40. The lowest BCUT2D eigenvalue weighted by molar-refractivity contribution is -0.136. The molecule has 0 amide bonds. The van der Waals surface area contributed by atoms with E-state index in [2.05, 4.69) is 26.0 Å². The lowest BCUT2D eigenvalue weighted by atomic mass is 10.2. The second-order valence-electron chi connectivity index (χ2n) is 3.47. The van der Waals surface area contributed by atoms with Crippen molar-refractivity contribution in [3.8, 4) is 0 Å². The standard InChI is InChI=1S/C13H16BrNO2/c1-3-10(13(16)17-2)7-8-15-12-6-4-5-11(14)9-12/h4-7,9,15H,3,8H2,1-2H3/b10-7-. The van der Waals surface area contributed by atoms with Gasteiger partial charge >= 0.3 is 5.97 Å². The van der Waals surface area contributed by atoms with Gasteiger partial charge in [0.2, 0.25) is 0 Å². The lowest BCUT2D eigenvalue weighted by Crippen LogP contribution is -2.07. The van der Waals surface area contributed by atoms with Crippen LogP contribution in [0, 0.1) is 0 Å². The van der Waals surface area contributed by atoms with Crippen molar-refractivity contribution in [3.05, 3.63) is 40.4 Å². The van der Waals surface area contributed by atoms with Crippen LogP contribution in [0.1, 0.15) is 13.3 Å². The number of carbonyl (C=O) groups excluding carboxylic acids is 1. The summed E-state index contributed by atoms with van der Waals surface area (Å²) in [5, 5.41) is 3.22. The maximum Gasteiger partial charge on any atom is 0.333 e. The number of methoxy groups -OCH3 is 1. The van der Waals surface area contributed by atoms with E-state index in [1.165, 1.54) is 7.11 Å². The van der Waals surface area contributed by atoms with Gasteiger partial charge in [-0.3, -0.25) is 0 Å². The summed E-state index contributed by atoms with van der Waals surface area (Å²) in [6, 6.07) is 7.88. The third-order valence-corrected chi connectivity index (χ3v) is 2.80. The summed E-state index contributed by atoms with van der Waals surface area (Å²) in [5.74, 6) is -0.261. The molecule has 0 bridgehead atoms. The van der Waals surface area contributed by atoms with Crippen LogP contribution in [-0.4, -0.2) is 19.6 Å². The summed E-state index contributed by atoms with van der Waals surface area (Å²) in [7, 11) is 1.40. The number of nitrogens with one attached hydrogen (secondary N) is 1. The van der Waals surface area contributed by atoms with Gasteiger partial charge in [0, 0.05) is 22.3 Å². The van der Waals surface area contributed by atoms with Crippen LogP contribution in [0.15, 0.2) is 40.4 Å². The Balaban J connectivity index is 2.56. The average molecular weight is 298 g/mol. The molecular formula is C13H16BrNO2. The van der Waals surface area contributed by atoms with Gasteiger partial charge in [-0.15, -0.1) is 0 Å². The van der Waals surface area contributed by atoms with Crippen LogP contribution in [-0.2, 0) is 9.53 Å². The lowest BCUT2D eigenvalue weighted by Gasteiger charge is -2.05. The van der Waals surface area contributed by atoms with Gasteiger partial charge < -0.3 is 10.1 Å². The number of anilines is 1. The maximum absolute atomic E-state index is 11.3. The van der Waals surface area contributed by atoms with Crippen molar-refractivity contribution in [2.24, 2.45) is 0 Å². The van der Waals surface area contributed by atoms with Crippen LogP contribution >= 0.6 is 15.9 Å². The number of hydrogen-bond donors (Lipinski definition) is 1. The molecule has 0 atom stereocenters. The molecule has 0 aliphatic rings. The Morgan fingerprint density at radius 3 is 2.88 bits per heavy atom. The van der Waals surface area contributed by atoms with Crippen molar-refractivity contribution in [1.29, 1.82) is 0 Å². The molecule has 0 heterocycles. The average Bonchev–Trinajstić information content (AvgIpc) is 2.34. The molecule has 0 unspecified atom stereocenters. The normalized spacial score (nSPS) is 11.1. The molecule has 92 valence electrons. The highest BCUT2D eigenvalue weighted by molar-refractivity contribution is 9.10. The number of halogens is 1. The second kappa shape index (κ2) is 7.12. The van der Waals surface area contributed by atoms with Crippen LogP contribution in [0.25, 0.3) is 0 Å². The molecule has 0 saturated heterocycles. The van der Waals surface area contributed by atoms with E-state index in [-0.39, 0.29) is 5.97 Å². The van der Waals surface area contributed by atoms with Crippen LogP contribution < -0.4 is 5.32 Å². The van der Waals surface area contributed by atoms with Gasteiger partial charge in [-0.25, -0.2) is 4.79 Å². The van der Waals surface area contributed by atoms with E-state index in [9.17, 15) is 4.79 Å². The summed E-state index contributed by atoms with van der Waals surface area (Å²) in [6.45, 7) is 2.54. The van der Waals surface area contributed by atoms with E-state index in [1.807, 2.05) is 37.3 Å². The zero-order chi connectivity index (χ0) is 12.7. The van der Waals surface area contributed by atoms with Crippen LogP contribution in [0.4, 0.5) is 5.69 Å². The zero-order valence-corrected chi connectivity index (χ0v) is 11.6. The summed E-state index contributed by atoms with van der Waals surface area (Å²) < 4.78 is 5.71. The van der Waals surface area contributed by atoms with Gasteiger partial charge in [0.15, 0.2) is 0 Å². The van der Waals surface area contributed by atoms with Crippen LogP contribution in [0.3, 0.4) is 0 Å². The summed E-state index contributed by atoms with van der Waals surface area (Å²) in [6.07, 6.45) is 2.53. The first-order valence-electron chi connectivity index (χ1n) is 5.44. The van der Waals surface area contributed by atoms with E-state index in [1.54, 1.807) is 0 Å². The van der Waals surface area contributed by atoms with Crippen molar-refractivity contribution < 1.29 is 9.53 Å². The molecule has 1 rings (SSSR count). The molecule has 0 aliphatic heterocycles. The molecule has 17 heavy (non-hydrogen) atoms. The smallest absolute Gasteiger partial charge is 0.333 e. The molecule has 1 N–H and O–H groups in total. The Morgan fingerprint density at radius 1 is 1.53 bits per heavy atom. The molecule has 0 saturated carbocycles. The predicted octanol–water partition coefficient (Wildman–Crippen LogP) is 3.37. The number of carbonyl (C=O) groups is 1. The number of hydrogen-bond acceptors (Lipinski definition) is 3. The van der Waals surface area contributed by atoms with Crippen LogP contribution in [0.5, 0.6) is 0 Å². The van der Waals surface area contributed by atoms with E-state index in [0.29, 0.717) is 18.5 Å². The molecule has 0 radical (unpaired) electrons. The third-order valence-electron chi connectivity index (χ3n) is 2.31. The van der Waals surface area contributed by atoms with E-state index in [4.69, 9.17) is 0 Å². The van der Waals surface area contributed by atoms with Gasteiger partial charge in [-0.2, -0.15) is 0 Å². The minimum Gasteiger partial charge on any atom is -0.466 e. The van der Waals surface area contributed by atoms with Gasteiger partial charge in [0.1, 0.15) is 0 Å². The molecule has 4 heteroatoms. The van der Waals surface area contributed by atoms with Crippen LogP contribution in [0.2, 0.25) is 0 Å². The molecule has 1 aromatic rings. The van der Waals surface area contributed by atoms with Crippen molar-refractivity contribution in [2.75, 3.05) is 19.0 Å². The number of benzene rings is 1. The highest BCUT2D eigenvalue weighted by Gasteiger charge is 2.05. The summed E-state index contributed by atoms with van der Waals surface area (Å²) in [5.41, 5.74) is 1.70. The molecule has 3 nitrogen and oxygen atoms in total. The van der Waals surface area contributed by atoms with E-state index in [0.717, 1.165) is 10.2 Å². The largest absolute Gasteiger partial charge is 0.466 e. The minimum absolute atomic E-state index is 0.261. The quantitative estimate of drug-likeness (QED) is 0.669. The fourth-order valence-electron chi connectivity index (χ4n) is 1.39. The fourth-order valence-corrected chi connectivity index (χ4v) is 1.79. The molecule has 0 aliphatic carbocycles. The topological polar surface area (TPSA) is 38.3 Å². The third kappa shape index (κ3) is 4.61. The minimum atomic E-state index is -0.261. The van der Waals surface area contributed by atoms with E-state index >= 15 is 0 Å². The Bertz CT molecular complexity index is 416. The number of ether oxygens (including phenoxy) is 1. The van der Waals surface area contributed by atoms with Crippen molar-refractivity contribution in [3.63, 3.8) is 0 Å². The number of esters is 1. The molecule has 0 spiro atoms. The van der Waals surface area contributed by atoms with Gasteiger partial charge in [0.25, 0.3) is 0 Å². The first kappa shape index (κ1) is 13.8. The molecule has 1 aromatic carbocycles. The Morgan fingerprint density at radius 2 is 2.29 bits per heavy atom. The van der Waals surface area contributed by atoms with Gasteiger partial charge in [-0.05, 0) is 24.6 Å². The Kier molecular flexibility index (Phi) is 5.77. The second-order valence-corrected chi connectivity index (χ2v) is 4.38. The molecular weight excluding hydrogens is 282 g/mol.